The molecule has 0 aliphatic carbocycles. The van der Waals surface area contributed by atoms with Gasteiger partial charge in [-0.2, -0.15) is 0 Å². The highest BCUT2D eigenvalue weighted by molar-refractivity contribution is 14.1. The van der Waals surface area contributed by atoms with Crippen LogP contribution in [0.5, 0.6) is 0 Å². The van der Waals surface area contributed by atoms with Crippen molar-refractivity contribution in [3.05, 3.63) is 74.1 Å². The Balaban J connectivity index is 1.50. The lowest BCUT2D eigenvalue weighted by Crippen LogP contribution is -2.45. The van der Waals surface area contributed by atoms with Gasteiger partial charge in [0, 0.05) is 51.4 Å². The molecule has 0 bridgehead atoms. The van der Waals surface area contributed by atoms with Crippen LogP contribution >= 0.6 is 34.2 Å². The number of nitrogens with zero attached hydrogens (tertiary/aromatic N) is 4. The number of rotatable bonds is 8. The number of anilines is 1. The monoisotopic (exact) mass is 668 g/mol. The Morgan fingerprint density at radius 2 is 1.97 bits per heavy atom. The van der Waals surface area contributed by atoms with E-state index >= 15 is 4.11 Å². The zero-order chi connectivity index (χ0) is 27.2. The number of aliphatic hydroxyl groups excluding tert-OH is 1. The van der Waals surface area contributed by atoms with Crippen molar-refractivity contribution in [1.82, 2.24) is 15.0 Å². The first-order chi connectivity index (χ1) is 18.0. The molecule has 1 aromatic heterocycles. The third-order valence-corrected chi connectivity index (χ3v) is 11.2. The number of carbonyl (C=O) groups excluding carboxylic acids is 1. The van der Waals surface area contributed by atoms with Crippen molar-refractivity contribution in [2.24, 2.45) is 5.92 Å². The fraction of sp³-hybridized carbons (Fsp3) is 0.444. The molecule has 4 atom stereocenters. The number of benzene rings is 2. The molecule has 5 rings (SSSR count). The molecule has 0 unspecified atom stereocenters. The molecular weight excluding hydrogens is 638 g/mol. The molecule has 1 N–H and O–H groups in total. The van der Waals surface area contributed by atoms with Gasteiger partial charge in [-0.05, 0) is 78.0 Å². The van der Waals surface area contributed by atoms with Crippen LogP contribution in [0.2, 0.25) is 23.7 Å². The van der Waals surface area contributed by atoms with Gasteiger partial charge in [0.15, 0.2) is 5.60 Å². The Labute approximate surface area is 241 Å². The Kier molecular flexibility index (Phi) is 7.73. The molecule has 1 amide bonds. The summed E-state index contributed by atoms with van der Waals surface area (Å²) in [5.74, 6) is -0.552. The van der Waals surface area contributed by atoms with Crippen molar-refractivity contribution in [2.45, 2.75) is 63.2 Å². The van der Waals surface area contributed by atoms with E-state index in [-0.39, 0.29) is 18.4 Å². The van der Waals surface area contributed by atoms with Crippen LogP contribution in [0, 0.1) is 9.49 Å². The Hall–Kier alpha value is -1.86. The van der Waals surface area contributed by atoms with E-state index in [2.05, 4.69) is 32.9 Å². The number of carbonyl (C=O) groups is 1. The molecule has 3 heterocycles. The van der Waals surface area contributed by atoms with Crippen molar-refractivity contribution in [3.8, 4) is 0 Å². The van der Waals surface area contributed by atoms with Gasteiger partial charge in [-0.3, -0.25) is 9.48 Å². The average molecular weight is 669 g/mol. The predicted octanol–water partition coefficient (Wildman–Crippen LogP) is 5.48. The molecule has 1 fully saturated rings. The van der Waals surface area contributed by atoms with Gasteiger partial charge in [0.1, 0.15) is 0 Å². The summed E-state index contributed by atoms with van der Waals surface area (Å²) in [7, 11) is -3.26. The Morgan fingerprint density at radius 1 is 1.24 bits per heavy atom. The molecule has 3 aromatic rings. The second kappa shape index (κ2) is 10.6. The lowest BCUT2D eigenvalue weighted by Gasteiger charge is -2.31. The summed E-state index contributed by atoms with van der Waals surface area (Å²) in [6, 6.07) is 13.5. The molecular formula is C27H31ClFIN4O3Si. The second-order valence-electron chi connectivity index (χ2n) is 10.7. The fourth-order valence-electron chi connectivity index (χ4n) is 6.16. The van der Waals surface area contributed by atoms with Crippen molar-refractivity contribution in [3.63, 3.8) is 0 Å². The van der Waals surface area contributed by atoms with E-state index in [9.17, 15) is 9.90 Å². The summed E-state index contributed by atoms with van der Waals surface area (Å²) in [5, 5.41) is 17.9. The van der Waals surface area contributed by atoms with Gasteiger partial charge in [-0.25, -0.2) is 0 Å². The van der Waals surface area contributed by atoms with Gasteiger partial charge in [0.05, 0.1) is 24.0 Å². The first-order valence-electron chi connectivity index (χ1n) is 12.8. The van der Waals surface area contributed by atoms with Crippen LogP contribution in [0.1, 0.15) is 30.2 Å². The summed E-state index contributed by atoms with van der Waals surface area (Å²) in [6.45, 7) is 6.19. The molecule has 7 nitrogen and oxygen atoms in total. The van der Waals surface area contributed by atoms with Crippen LogP contribution in [-0.2, 0) is 34.6 Å². The maximum atomic E-state index is 16.0. The average Bonchev–Trinajstić information content (AvgIpc) is 3.50. The van der Waals surface area contributed by atoms with Gasteiger partial charge in [0.25, 0.3) is 5.91 Å². The number of aromatic nitrogens is 3. The third kappa shape index (κ3) is 4.94. The Bertz CT molecular complexity index is 1330. The van der Waals surface area contributed by atoms with E-state index in [1.54, 1.807) is 34.9 Å². The lowest BCUT2D eigenvalue weighted by molar-refractivity contribution is -0.146. The highest BCUT2D eigenvalue weighted by atomic mass is 127. The third-order valence-electron chi connectivity index (χ3n) is 7.77. The number of hydrogen-bond donors (Lipinski definition) is 1. The van der Waals surface area contributed by atoms with Gasteiger partial charge in [-0.15, -0.1) is 5.10 Å². The van der Waals surface area contributed by atoms with Crippen molar-refractivity contribution >= 4 is 54.2 Å². The van der Waals surface area contributed by atoms with E-state index in [0.717, 1.165) is 14.8 Å². The van der Waals surface area contributed by atoms with Gasteiger partial charge >= 0.3 is 0 Å². The first kappa shape index (κ1) is 27.7. The van der Waals surface area contributed by atoms with Gasteiger partial charge in [-0.1, -0.05) is 35.9 Å². The highest BCUT2D eigenvalue weighted by Gasteiger charge is 2.66. The van der Waals surface area contributed by atoms with Crippen molar-refractivity contribution in [2.75, 3.05) is 11.5 Å². The summed E-state index contributed by atoms with van der Waals surface area (Å²) in [6.07, 6.45) is 2.22. The minimum Gasteiger partial charge on any atom is -0.396 e. The number of aliphatic hydroxyl groups is 1. The zero-order valence-corrected chi connectivity index (χ0v) is 25.5. The lowest BCUT2D eigenvalue weighted by atomic mass is 9.82. The van der Waals surface area contributed by atoms with E-state index in [4.69, 9.17) is 16.3 Å². The molecule has 11 heteroatoms. The van der Waals surface area contributed by atoms with Crippen LogP contribution in [0.4, 0.5) is 9.80 Å². The van der Waals surface area contributed by atoms with E-state index in [0.29, 0.717) is 42.2 Å². The molecule has 38 heavy (non-hydrogen) atoms. The molecule has 0 saturated carbocycles. The maximum Gasteiger partial charge on any atom is 0.264 e. The number of ether oxygens (including phenoxy) is 1. The van der Waals surface area contributed by atoms with Crippen LogP contribution in [0.3, 0.4) is 0 Å². The van der Waals surface area contributed by atoms with Crippen LogP contribution in [-0.4, -0.2) is 47.1 Å². The topological polar surface area (TPSA) is 80.5 Å². The molecule has 1 spiro atoms. The van der Waals surface area contributed by atoms with Crippen LogP contribution < -0.4 is 4.90 Å². The Morgan fingerprint density at radius 3 is 2.66 bits per heavy atom. The van der Waals surface area contributed by atoms with E-state index in [1.807, 2.05) is 43.3 Å². The van der Waals surface area contributed by atoms with E-state index < -0.39 is 25.7 Å². The summed E-state index contributed by atoms with van der Waals surface area (Å²) < 4.78 is 25.5. The zero-order valence-electron chi connectivity index (χ0n) is 21.6. The van der Waals surface area contributed by atoms with Crippen molar-refractivity contribution < 1.29 is 18.7 Å². The highest BCUT2D eigenvalue weighted by Crippen LogP contribution is 2.60. The van der Waals surface area contributed by atoms with Gasteiger partial charge in [0.2, 0.25) is 8.41 Å². The summed E-state index contributed by atoms with van der Waals surface area (Å²) in [5.41, 5.74) is 1.46. The maximum absolute atomic E-state index is 16.0. The molecule has 2 aromatic carbocycles. The number of hydrogen-bond acceptors (Lipinski definition) is 5. The molecule has 202 valence electrons. The molecule has 2 aliphatic heterocycles. The number of aryl methyl sites for hydroxylation is 1. The quantitative estimate of drug-likeness (QED) is 0.195. The second-order valence-corrected chi connectivity index (χ2v) is 16.2. The number of amides is 1. The smallest absolute Gasteiger partial charge is 0.264 e. The minimum atomic E-state index is -3.26. The minimum absolute atomic E-state index is 0.00300. The van der Waals surface area contributed by atoms with Crippen LogP contribution in [0.15, 0.2) is 48.7 Å². The summed E-state index contributed by atoms with van der Waals surface area (Å²) in [4.78, 5) is 16.1. The summed E-state index contributed by atoms with van der Waals surface area (Å²) >= 11 is 8.71. The number of fused-ring (bicyclic) bond motifs is 2. The first-order valence-corrected chi connectivity index (χ1v) is 17.2. The van der Waals surface area contributed by atoms with Gasteiger partial charge < -0.3 is 18.9 Å². The van der Waals surface area contributed by atoms with Crippen LogP contribution in [0.25, 0.3) is 0 Å². The fourth-order valence-corrected chi connectivity index (χ4v) is 9.23. The molecule has 2 aliphatic rings. The normalized spacial score (nSPS) is 25.0. The SMILES string of the molecule is C[C@@H]1[C@@H]([Si](C)(C)F)[C@H](CCn2cc(CCO)nn2)O[C@@]12C(=O)N(Cc1ccc(I)cc1)c1ccc(Cl)cc12. The largest absolute Gasteiger partial charge is 0.396 e. The predicted molar refractivity (Wildman–Crippen MR) is 155 cm³/mol. The van der Waals surface area contributed by atoms with E-state index in [1.165, 1.54) is 0 Å². The van der Waals surface area contributed by atoms with Crippen molar-refractivity contribution in [1.29, 1.82) is 0 Å². The molecule has 0 radical (unpaired) electrons. The number of halogens is 3. The standard InChI is InChI=1S/C27H31ClFIN4O3Si/c1-17-25(38(2,3)29)24(10-12-33-16-21(11-13-35)31-32-33)37-27(17)22-14-19(28)6-9-23(22)34(26(27)36)15-18-4-7-20(30)8-5-18/h4-9,14,16-17,24-25,35H,10-13,15H2,1-3H3/t17-,24+,25-,27+/m1/s1. The molecule has 1 saturated heterocycles.